The van der Waals surface area contributed by atoms with E-state index in [4.69, 9.17) is 0 Å². The lowest BCUT2D eigenvalue weighted by Gasteiger charge is -2.22. The minimum Gasteiger partial charge on any atom is -0.372 e. The quantitative estimate of drug-likeness (QED) is 0.481. The van der Waals surface area contributed by atoms with E-state index in [-0.39, 0.29) is 11.7 Å². The lowest BCUT2D eigenvalue weighted by molar-refractivity contribution is 0.916. The molecular formula is C23H18N4O. The van der Waals surface area contributed by atoms with Crippen LogP contribution in [0, 0.1) is 0 Å². The van der Waals surface area contributed by atoms with Gasteiger partial charge in [0.2, 0.25) is 0 Å². The fraction of sp³-hybridized carbons (Fsp3) is 0.0435. The smallest absolute Gasteiger partial charge is 0.347 e. The van der Waals surface area contributed by atoms with Gasteiger partial charge in [-0.2, -0.15) is 4.98 Å². The van der Waals surface area contributed by atoms with Gasteiger partial charge in [-0.05, 0) is 23.3 Å². The minimum atomic E-state index is -0.378. The van der Waals surface area contributed by atoms with Crippen molar-refractivity contribution in [2.75, 3.05) is 10.6 Å². The molecule has 1 aromatic heterocycles. The van der Waals surface area contributed by atoms with Gasteiger partial charge in [0.05, 0.1) is 23.1 Å². The van der Waals surface area contributed by atoms with Crippen molar-refractivity contribution < 1.29 is 0 Å². The predicted molar refractivity (Wildman–Crippen MR) is 112 cm³/mol. The molecule has 0 spiro atoms. The van der Waals surface area contributed by atoms with Gasteiger partial charge < -0.3 is 15.6 Å². The Morgan fingerprint density at radius 1 is 0.750 bits per heavy atom. The van der Waals surface area contributed by atoms with Gasteiger partial charge in [0.1, 0.15) is 5.82 Å². The molecule has 3 N–H and O–H groups in total. The van der Waals surface area contributed by atoms with Crippen molar-refractivity contribution in [3.05, 3.63) is 107 Å². The molecular weight excluding hydrogens is 348 g/mol. The van der Waals surface area contributed by atoms with Gasteiger partial charge in [0, 0.05) is 5.56 Å². The Bertz CT molecular complexity index is 1190. The van der Waals surface area contributed by atoms with Crippen molar-refractivity contribution in [1.29, 1.82) is 0 Å². The van der Waals surface area contributed by atoms with Gasteiger partial charge in [-0.3, -0.25) is 0 Å². The summed E-state index contributed by atoms with van der Waals surface area (Å²) in [5.74, 6) is 0.564. The molecule has 0 bridgehead atoms. The minimum absolute atomic E-state index is 0.174. The van der Waals surface area contributed by atoms with E-state index in [0.717, 1.165) is 33.8 Å². The molecule has 1 unspecified atom stereocenters. The Kier molecular flexibility index (Phi) is 3.91. The van der Waals surface area contributed by atoms with Crippen LogP contribution in [0.1, 0.15) is 17.2 Å². The summed E-state index contributed by atoms with van der Waals surface area (Å²) in [5, 5.41) is 7.00. The first kappa shape index (κ1) is 16.3. The highest BCUT2D eigenvalue weighted by atomic mass is 16.1. The predicted octanol–water partition coefficient (Wildman–Crippen LogP) is 4.70. The first-order valence-electron chi connectivity index (χ1n) is 9.17. The molecule has 0 fully saturated rings. The van der Waals surface area contributed by atoms with E-state index in [0.29, 0.717) is 5.82 Å². The van der Waals surface area contributed by atoms with Crippen molar-refractivity contribution in [3.8, 4) is 11.3 Å². The normalized spacial score (nSPS) is 14.8. The molecule has 0 radical (unpaired) electrons. The molecule has 0 saturated heterocycles. The number of para-hydroxylation sites is 2. The van der Waals surface area contributed by atoms with E-state index in [9.17, 15) is 4.79 Å². The Morgan fingerprint density at radius 3 is 2.14 bits per heavy atom. The number of nitrogens with zero attached hydrogens (tertiary/aromatic N) is 1. The Labute approximate surface area is 162 Å². The lowest BCUT2D eigenvalue weighted by atomic mass is 9.94. The average molecular weight is 366 g/mol. The van der Waals surface area contributed by atoms with Crippen LogP contribution in [0.25, 0.3) is 11.3 Å². The van der Waals surface area contributed by atoms with Crippen molar-refractivity contribution in [2.45, 2.75) is 6.04 Å². The summed E-state index contributed by atoms with van der Waals surface area (Å²) in [5.41, 5.74) is 5.17. The topological polar surface area (TPSA) is 69.8 Å². The van der Waals surface area contributed by atoms with Crippen LogP contribution in [0.4, 0.5) is 17.2 Å². The zero-order chi connectivity index (χ0) is 18.9. The lowest BCUT2D eigenvalue weighted by Crippen LogP contribution is -2.20. The van der Waals surface area contributed by atoms with E-state index < -0.39 is 0 Å². The summed E-state index contributed by atoms with van der Waals surface area (Å²) < 4.78 is 0. The number of anilines is 3. The first-order chi connectivity index (χ1) is 13.8. The summed E-state index contributed by atoms with van der Waals surface area (Å²) in [6.45, 7) is 0. The maximum absolute atomic E-state index is 12.4. The summed E-state index contributed by atoms with van der Waals surface area (Å²) in [7, 11) is 0. The second-order valence-electron chi connectivity index (χ2n) is 6.70. The van der Waals surface area contributed by atoms with Crippen LogP contribution in [0.2, 0.25) is 0 Å². The van der Waals surface area contributed by atoms with E-state index in [1.807, 2.05) is 72.8 Å². The molecule has 3 aromatic carbocycles. The highest BCUT2D eigenvalue weighted by molar-refractivity contribution is 5.82. The van der Waals surface area contributed by atoms with Gasteiger partial charge in [-0.1, -0.05) is 72.8 Å². The van der Waals surface area contributed by atoms with Crippen LogP contribution in [0.5, 0.6) is 0 Å². The van der Waals surface area contributed by atoms with Gasteiger partial charge in [-0.15, -0.1) is 0 Å². The largest absolute Gasteiger partial charge is 0.372 e. The number of hydrogen-bond donors (Lipinski definition) is 3. The number of aromatic nitrogens is 2. The molecule has 4 aromatic rings. The molecule has 1 aliphatic rings. The number of H-pyrrole nitrogens is 1. The van der Waals surface area contributed by atoms with Gasteiger partial charge in [0.15, 0.2) is 0 Å². The van der Waals surface area contributed by atoms with Gasteiger partial charge in [-0.25, -0.2) is 4.79 Å². The Morgan fingerprint density at radius 2 is 1.39 bits per heavy atom. The molecule has 0 amide bonds. The number of rotatable bonds is 2. The zero-order valence-electron chi connectivity index (χ0n) is 15.0. The number of aromatic amines is 1. The van der Waals surface area contributed by atoms with Crippen LogP contribution in [0.3, 0.4) is 0 Å². The SMILES string of the molecule is O=c1nc2c(c(-c3ccccc3)[nH]1)C(c1ccccc1)Nc1ccccc1N2. The van der Waals surface area contributed by atoms with Crippen molar-refractivity contribution >= 4 is 17.2 Å². The molecule has 0 saturated carbocycles. The van der Waals surface area contributed by atoms with E-state index in [2.05, 4.69) is 32.7 Å². The van der Waals surface area contributed by atoms with Crippen LogP contribution >= 0.6 is 0 Å². The highest BCUT2D eigenvalue weighted by Gasteiger charge is 2.28. The average Bonchev–Trinajstić information content (AvgIpc) is 2.91. The van der Waals surface area contributed by atoms with E-state index in [1.165, 1.54) is 0 Å². The zero-order valence-corrected chi connectivity index (χ0v) is 15.0. The monoisotopic (exact) mass is 366 g/mol. The molecule has 5 heteroatoms. The fourth-order valence-electron chi connectivity index (χ4n) is 3.66. The summed E-state index contributed by atoms with van der Waals surface area (Å²) in [6.07, 6.45) is 0. The van der Waals surface area contributed by atoms with E-state index in [1.54, 1.807) is 0 Å². The highest BCUT2D eigenvalue weighted by Crippen LogP contribution is 2.41. The third-order valence-electron chi connectivity index (χ3n) is 4.93. The second-order valence-corrected chi connectivity index (χ2v) is 6.70. The van der Waals surface area contributed by atoms with Gasteiger partial charge >= 0.3 is 5.69 Å². The number of benzene rings is 3. The first-order valence-corrected chi connectivity index (χ1v) is 9.17. The standard InChI is InChI=1S/C23H18N4O/c28-23-26-21(16-11-5-2-6-12-16)19-20(15-9-3-1-4-10-15)24-17-13-7-8-14-18(17)25-22(19)27-23/h1-14,20,24H,(H2,25,26,27,28). The fourth-order valence-corrected chi connectivity index (χ4v) is 3.66. The summed E-state index contributed by atoms with van der Waals surface area (Å²) >= 11 is 0. The van der Waals surface area contributed by atoms with Crippen molar-refractivity contribution in [2.24, 2.45) is 0 Å². The summed E-state index contributed by atoms with van der Waals surface area (Å²) in [6, 6.07) is 27.8. The summed E-state index contributed by atoms with van der Waals surface area (Å²) in [4.78, 5) is 19.6. The number of hydrogen-bond acceptors (Lipinski definition) is 4. The van der Waals surface area contributed by atoms with Crippen LogP contribution in [0.15, 0.2) is 89.7 Å². The van der Waals surface area contributed by atoms with Crippen LogP contribution in [-0.2, 0) is 0 Å². The third-order valence-corrected chi connectivity index (χ3v) is 4.93. The molecule has 5 rings (SSSR count). The molecule has 5 nitrogen and oxygen atoms in total. The van der Waals surface area contributed by atoms with Crippen LogP contribution < -0.4 is 16.3 Å². The molecule has 28 heavy (non-hydrogen) atoms. The maximum Gasteiger partial charge on any atom is 0.347 e. The second kappa shape index (κ2) is 6.70. The molecule has 1 atom stereocenters. The Balaban J connectivity index is 1.81. The number of fused-ring (bicyclic) bond motifs is 2. The van der Waals surface area contributed by atoms with Crippen LogP contribution in [-0.4, -0.2) is 9.97 Å². The maximum atomic E-state index is 12.4. The molecule has 1 aliphatic heterocycles. The van der Waals surface area contributed by atoms with Gasteiger partial charge in [0.25, 0.3) is 0 Å². The van der Waals surface area contributed by atoms with E-state index >= 15 is 0 Å². The molecule has 0 aliphatic carbocycles. The Hall–Kier alpha value is -3.86. The van der Waals surface area contributed by atoms with Crippen molar-refractivity contribution in [3.63, 3.8) is 0 Å². The third kappa shape index (κ3) is 2.83. The van der Waals surface area contributed by atoms with Crippen molar-refractivity contribution in [1.82, 2.24) is 9.97 Å². The number of nitrogens with one attached hydrogen (secondary N) is 3. The molecule has 2 heterocycles. The molecule has 136 valence electrons.